The first-order chi connectivity index (χ1) is 8.82. The highest BCUT2D eigenvalue weighted by atomic mass is 16.7. The van der Waals surface area contributed by atoms with Gasteiger partial charge in [0.2, 0.25) is 0 Å². The molecule has 1 heterocycles. The van der Waals surface area contributed by atoms with Crippen molar-refractivity contribution < 1.29 is 14.0 Å². The molecule has 108 valence electrons. The molecule has 4 heteroatoms. The largest absolute Gasteiger partial charge is 0.492 e. The Bertz CT molecular complexity index is 316. The summed E-state index contributed by atoms with van der Waals surface area (Å²) < 4.78 is 17.9. The van der Waals surface area contributed by atoms with E-state index in [2.05, 4.69) is 34.3 Å². The Kier molecular flexibility index (Phi) is 4.43. The van der Waals surface area contributed by atoms with Crippen molar-refractivity contribution >= 4 is 7.12 Å². The van der Waals surface area contributed by atoms with Crippen LogP contribution in [-0.2, 0) is 14.0 Å². The number of hydrogen-bond acceptors (Lipinski definition) is 3. The van der Waals surface area contributed by atoms with Gasteiger partial charge in [0.25, 0.3) is 0 Å². The Balaban J connectivity index is 1.81. The van der Waals surface area contributed by atoms with E-state index in [-0.39, 0.29) is 18.3 Å². The van der Waals surface area contributed by atoms with E-state index in [0.29, 0.717) is 12.7 Å². The predicted octanol–water partition coefficient (Wildman–Crippen LogP) is 3.52. The molecule has 0 N–H and O–H groups in total. The van der Waals surface area contributed by atoms with Crippen molar-refractivity contribution in [2.45, 2.75) is 77.1 Å². The van der Waals surface area contributed by atoms with Gasteiger partial charge in [0.05, 0.1) is 23.9 Å². The third-order valence-electron chi connectivity index (χ3n) is 4.64. The van der Waals surface area contributed by atoms with Crippen LogP contribution in [-0.4, -0.2) is 31.0 Å². The first kappa shape index (κ1) is 15.1. The Hall–Kier alpha value is -0.315. The highest BCUT2D eigenvalue weighted by molar-refractivity contribution is 6.54. The van der Waals surface area contributed by atoms with Crippen molar-refractivity contribution in [3.63, 3.8) is 0 Å². The van der Waals surface area contributed by atoms with Crippen LogP contribution >= 0.6 is 0 Å². The highest BCUT2D eigenvalue weighted by Gasteiger charge is 2.52. The van der Waals surface area contributed by atoms with Gasteiger partial charge in [-0.05, 0) is 46.0 Å². The van der Waals surface area contributed by atoms with E-state index in [4.69, 9.17) is 14.0 Å². The van der Waals surface area contributed by atoms with E-state index < -0.39 is 0 Å². The van der Waals surface area contributed by atoms with Gasteiger partial charge in [-0.1, -0.05) is 19.3 Å². The third-order valence-corrected chi connectivity index (χ3v) is 4.64. The summed E-state index contributed by atoms with van der Waals surface area (Å²) in [6.07, 6.45) is 6.67. The second-order valence-corrected chi connectivity index (χ2v) is 6.82. The maximum absolute atomic E-state index is 5.96. The molecule has 2 rings (SSSR count). The molecule has 2 fully saturated rings. The van der Waals surface area contributed by atoms with Crippen molar-refractivity contribution in [1.29, 1.82) is 0 Å². The molecule has 1 saturated carbocycles. The van der Waals surface area contributed by atoms with Gasteiger partial charge in [0, 0.05) is 0 Å². The average Bonchev–Trinajstić information content (AvgIpc) is 2.57. The summed E-state index contributed by atoms with van der Waals surface area (Å²) in [7, 11) is -0.339. The zero-order valence-corrected chi connectivity index (χ0v) is 12.8. The van der Waals surface area contributed by atoms with Crippen LogP contribution in [0, 0.1) is 0 Å². The lowest BCUT2D eigenvalue weighted by Gasteiger charge is -2.32. The van der Waals surface area contributed by atoms with Crippen molar-refractivity contribution in [2.75, 3.05) is 6.61 Å². The number of hydrogen-bond donors (Lipinski definition) is 0. The van der Waals surface area contributed by atoms with Crippen molar-refractivity contribution in [3.05, 3.63) is 12.1 Å². The summed E-state index contributed by atoms with van der Waals surface area (Å²) in [6, 6.07) is 0. The van der Waals surface area contributed by atoms with E-state index in [9.17, 15) is 0 Å². The molecule has 3 nitrogen and oxygen atoms in total. The SMILES string of the molecule is C=C(COC1CCCCC1)B1OC(C)(C)C(C)(C)O1. The Labute approximate surface area is 117 Å². The second-order valence-electron chi connectivity index (χ2n) is 6.82. The van der Waals surface area contributed by atoms with Gasteiger partial charge in [-0.3, -0.25) is 0 Å². The van der Waals surface area contributed by atoms with Crippen LogP contribution in [0.3, 0.4) is 0 Å². The maximum atomic E-state index is 5.96. The summed E-state index contributed by atoms with van der Waals surface area (Å²) in [5.74, 6) is 0. The number of ether oxygens (including phenoxy) is 1. The molecule has 0 aromatic rings. The minimum Gasteiger partial charge on any atom is -0.400 e. The van der Waals surface area contributed by atoms with Gasteiger partial charge < -0.3 is 14.0 Å². The predicted molar refractivity (Wildman–Crippen MR) is 78.0 cm³/mol. The van der Waals surface area contributed by atoms with Crippen LogP contribution < -0.4 is 0 Å². The molecule has 0 radical (unpaired) electrons. The monoisotopic (exact) mass is 266 g/mol. The van der Waals surface area contributed by atoms with Crippen LogP contribution in [0.2, 0.25) is 0 Å². The first-order valence-electron chi connectivity index (χ1n) is 7.47. The molecule has 0 aromatic heterocycles. The normalized spacial score (nSPS) is 26.6. The molecule has 0 bridgehead atoms. The smallest absolute Gasteiger partial charge is 0.400 e. The van der Waals surface area contributed by atoms with Gasteiger partial charge in [0.15, 0.2) is 0 Å². The third kappa shape index (κ3) is 3.42. The van der Waals surface area contributed by atoms with E-state index in [0.717, 1.165) is 5.47 Å². The lowest BCUT2D eigenvalue weighted by atomic mass is 9.80. The minimum atomic E-state index is -0.339. The first-order valence-corrected chi connectivity index (χ1v) is 7.47. The Morgan fingerprint density at radius 3 is 2.16 bits per heavy atom. The highest BCUT2D eigenvalue weighted by Crippen LogP contribution is 2.38. The fraction of sp³-hybridized carbons (Fsp3) is 0.867. The van der Waals surface area contributed by atoms with E-state index in [1.807, 2.05) is 0 Å². The van der Waals surface area contributed by atoms with Crippen LogP contribution in [0.1, 0.15) is 59.8 Å². The van der Waals surface area contributed by atoms with E-state index in [1.165, 1.54) is 32.1 Å². The molecule has 0 aromatic carbocycles. The fourth-order valence-corrected chi connectivity index (χ4v) is 2.53. The maximum Gasteiger partial charge on any atom is 0.492 e. The molecule has 1 aliphatic carbocycles. The quantitative estimate of drug-likeness (QED) is 0.728. The van der Waals surface area contributed by atoms with Crippen molar-refractivity contribution in [1.82, 2.24) is 0 Å². The molecular formula is C15H27BO3. The lowest BCUT2D eigenvalue weighted by Crippen LogP contribution is -2.41. The molecule has 1 saturated heterocycles. The van der Waals surface area contributed by atoms with Gasteiger partial charge in [-0.25, -0.2) is 0 Å². The standard InChI is InChI=1S/C15H27BO3/c1-12(11-17-13-9-7-6-8-10-13)16-18-14(2,3)15(4,5)19-16/h13H,1,6-11H2,2-5H3. The lowest BCUT2D eigenvalue weighted by molar-refractivity contribution is 0.00578. The second kappa shape index (κ2) is 5.59. The summed E-state index contributed by atoms with van der Waals surface area (Å²) in [5, 5.41) is 0. The minimum absolute atomic E-state index is 0.300. The topological polar surface area (TPSA) is 27.7 Å². The van der Waals surface area contributed by atoms with Crippen molar-refractivity contribution in [2.24, 2.45) is 0 Å². The van der Waals surface area contributed by atoms with Gasteiger partial charge in [-0.2, -0.15) is 0 Å². The van der Waals surface area contributed by atoms with E-state index in [1.54, 1.807) is 0 Å². The van der Waals surface area contributed by atoms with Crippen LogP contribution in [0.25, 0.3) is 0 Å². The summed E-state index contributed by atoms with van der Waals surface area (Å²) in [4.78, 5) is 0. The zero-order chi connectivity index (χ0) is 14.1. The summed E-state index contributed by atoms with van der Waals surface area (Å²) >= 11 is 0. The average molecular weight is 266 g/mol. The zero-order valence-electron chi connectivity index (χ0n) is 12.8. The molecule has 19 heavy (non-hydrogen) atoms. The van der Waals surface area contributed by atoms with Crippen LogP contribution in [0.15, 0.2) is 12.1 Å². The molecule has 1 aliphatic heterocycles. The van der Waals surface area contributed by atoms with Crippen LogP contribution in [0.4, 0.5) is 0 Å². The van der Waals surface area contributed by atoms with Gasteiger partial charge in [0.1, 0.15) is 0 Å². The summed E-state index contributed by atoms with van der Waals surface area (Å²) in [5.41, 5.74) is 0.292. The van der Waals surface area contributed by atoms with Crippen LogP contribution in [0.5, 0.6) is 0 Å². The molecular weight excluding hydrogens is 239 g/mol. The number of rotatable bonds is 4. The molecule has 0 atom stereocenters. The Morgan fingerprint density at radius 2 is 1.63 bits per heavy atom. The molecule has 0 spiro atoms. The van der Waals surface area contributed by atoms with Gasteiger partial charge in [-0.15, -0.1) is 6.58 Å². The van der Waals surface area contributed by atoms with Crippen molar-refractivity contribution in [3.8, 4) is 0 Å². The fourth-order valence-electron chi connectivity index (χ4n) is 2.53. The van der Waals surface area contributed by atoms with E-state index >= 15 is 0 Å². The Morgan fingerprint density at radius 1 is 1.11 bits per heavy atom. The summed E-state index contributed by atoms with van der Waals surface area (Å²) in [6.45, 7) is 12.9. The molecule has 0 amide bonds. The molecule has 0 unspecified atom stereocenters. The molecule has 2 aliphatic rings. The van der Waals surface area contributed by atoms with Gasteiger partial charge >= 0.3 is 7.12 Å².